The summed E-state index contributed by atoms with van der Waals surface area (Å²) in [7, 11) is 0. The Morgan fingerprint density at radius 1 is 1.21 bits per heavy atom. The molecule has 11 heteroatoms. The standard InChI is InChI=1S/C17H13ClF3N3O4/c18-12-5-6-14-15(7-12)28-16(25)23(14)10-22(9-17(19,20)21)8-11-3-1-2-4-13(11)24(26)27/h1-7H,8-10H2. The molecule has 0 aliphatic rings. The molecule has 1 heterocycles. The van der Waals surface area contributed by atoms with Crippen molar-refractivity contribution in [3.63, 3.8) is 0 Å². The van der Waals surface area contributed by atoms with E-state index in [2.05, 4.69) is 0 Å². The topological polar surface area (TPSA) is 81.5 Å². The number of hydrogen-bond donors (Lipinski definition) is 0. The lowest BCUT2D eigenvalue weighted by Gasteiger charge is -2.23. The van der Waals surface area contributed by atoms with Gasteiger partial charge < -0.3 is 4.42 Å². The first-order valence-electron chi connectivity index (χ1n) is 7.94. The number of nitrogens with zero attached hydrogens (tertiary/aromatic N) is 3. The second kappa shape index (κ2) is 7.64. The summed E-state index contributed by atoms with van der Waals surface area (Å²) in [4.78, 5) is 23.5. The average Bonchev–Trinajstić information content (AvgIpc) is 2.88. The molecule has 0 aliphatic carbocycles. The van der Waals surface area contributed by atoms with Gasteiger partial charge in [-0.05, 0) is 12.1 Å². The number of benzene rings is 2. The zero-order valence-electron chi connectivity index (χ0n) is 14.1. The molecule has 3 rings (SSSR count). The van der Waals surface area contributed by atoms with Crippen LogP contribution in [0.4, 0.5) is 18.9 Å². The summed E-state index contributed by atoms with van der Waals surface area (Å²) >= 11 is 5.83. The van der Waals surface area contributed by atoms with Gasteiger partial charge in [0.15, 0.2) is 5.58 Å². The molecule has 0 saturated heterocycles. The van der Waals surface area contributed by atoms with E-state index in [4.69, 9.17) is 16.0 Å². The molecule has 0 N–H and O–H groups in total. The van der Waals surface area contributed by atoms with Gasteiger partial charge in [0, 0.05) is 29.3 Å². The highest BCUT2D eigenvalue weighted by Crippen LogP contribution is 2.24. The number of nitro benzene ring substituents is 1. The Morgan fingerprint density at radius 3 is 2.61 bits per heavy atom. The van der Waals surface area contributed by atoms with Gasteiger partial charge in [0.25, 0.3) is 5.69 Å². The fourth-order valence-electron chi connectivity index (χ4n) is 2.85. The van der Waals surface area contributed by atoms with E-state index in [-0.39, 0.29) is 28.9 Å². The quantitative estimate of drug-likeness (QED) is 0.445. The summed E-state index contributed by atoms with van der Waals surface area (Å²) in [6.07, 6.45) is -4.57. The van der Waals surface area contributed by atoms with E-state index in [0.29, 0.717) is 5.02 Å². The van der Waals surface area contributed by atoms with E-state index in [1.165, 1.54) is 42.5 Å². The van der Waals surface area contributed by atoms with Crippen LogP contribution in [0.1, 0.15) is 5.56 Å². The van der Waals surface area contributed by atoms with Crippen molar-refractivity contribution < 1.29 is 22.5 Å². The van der Waals surface area contributed by atoms with Crippen LogP contribution < -0.4 is 5.76 Å². The van der Waals surface area contributed by atoms with Crippen LogP contribution in [0, 0.1) is 10.1 Å². The maximum atomic E-state index is 13.1. The van der Waals surface area contributed by atoms with Crippen molar-refractivity contribution in [2.75, 3.05) is 6.54 Å². The first-order valence-corrected chi connectivity index (χ1v) is 8.32. The smallest absolute Gasteiger partial charge is 0.408 e. The lowest BCUT2D eigenvalue weighted by molar-refractivity contribution is -0.385. The molecule has 0 fully saturated rings. The normalized spacial score (nSPS) is 12.0. The third-order valence-corrected chi connectivity index (χ3v) is 4.19. The van der Waals surface area contributed by atoms with Gasteiger partial charge in [-0.15, -0.1) is 0 Å². The summed E-state index contributed by atoms with van der Waals surface area (Å²) in [6, 6.07) is 9.82. The Labute approximate surface area is 160 Å². The molecule has 0 radical (unpaired) electrons. The van der Waals surface area contributed by atoms with Crippen LogP contribution in [0.3, 0.4) is 0 Å². The maximum absolute atomic E-state index is 13.1. The summed E-state index contributed by atoms with van der Waals surface area (Å²) in [5.74, 6) is -0.855. The lowest BCUT2D eigenvalue weighted by atomic mass is 10.1. The number of oxazole rings is 1. The van der Waals surface area contributed by atoms with Crippen molar-refractivity contribution in [2.45, 2.75) is 19.4 Å². The molecule has 0 unspecified atom stereocenters. The molecule has 7 nitrogen and oxygen atoms in total. The summed E-state index contributed by atoms with van der Waals surface area (Å²) in [5.41, 5.74) is 0.200. The number of rotatable bonds is 6. The molecule has 148 valence electrons. The number of hydrogen-bond acceptors (Lipinski definition) is 5. The van der Waals surface area contributed by atoms with Gasteiger partial charge >= 0.3 is 11.9 Å². The average molecular weight is 416 g/mol. The summed E-state index contributed by atoms with van der Waals surface area (Å²) in [5, 5.41) is 11.5. The molecule has 0 amide bonds. The maximum Gasteiger partial charge on any atom is 0.421 e. The van der Waals surface area contributed by atoms with Gasteiger partial charge in [0.1, 0.15) is 0 Å². The monoisotopic (exact) mass is 415 g/mol. The molecule has 0 aliphatic heterocycles. The molecule has 0 atom stereocenters. The van der Waals surface area contributed by atoms with Crippen LogP contribution >= 0.6 is 11.6 Å². The number of fused-ring (bicyclic) bond motifs is 1. The Bertz CT molecular complexity index is 1080. The van der Waals surface area contributed by atoms with Crippen LogP contribution in [0.15, 0.2) is 51.7 Å². The van der Waals surface area contributed by atoms with Gasteiger partial charge in [-0.3, -0.25) is 19.6 Å². The van der Waals surface area contributed by atoms with Crippen LogP contribution in [-0.2, 0) is 13.2 Å². The largest absolute Gasteiger partial charge is 0.421 e. The number of alkyl halides is 3. The van der Waals surface area contributed by atoms with Crippen molar-refractivity contribution in [1.29, 1.82) is 0 Å². The van der Waals surface area contributed by atoms with Crippen LogP contribution in [0.2, 0.25) is 5.02 Å². The summed E-state index contributed by atoms with van der Waals surface area (Å²) in [6.45, 7) is -2.23. The van der Waals surface area contributed by atoms with Gasteiger partial charge in [-0.25, -0.2) is 4.79 Å². The highest BCUT2D eigenvalue weighted by atomic mass is 35.5. The van der Waals surface area contributed by atoms with Crippen molar-refractivity contribution in [1.82, 2.24) is 9.47 Å². The molecule has 3 aromatic rings. The molecule has 28 heavy (non-hydrogen) atoms. The highest BCUT2D eigenvalue weighted by molar-refractivity contribution is 6.31. The SMILES string of the molecule is O=c1oc2cc(Cl)ccc2n1CN(Cc1ccccc1[N+](=O)[O-])CC(F)(F)F. The van der Waals surface area contributed by atoms with E-state index < -0.39 is 30.1 Å². The van der Waals surface area contributed by atoms with Crippen molar-refractivity contribution >= 4 is 28.4 Å². The Morgan fingerprint density at radius 2 is 1.93 bits per heavy atom. The molecule has 0 spiro atoms. The van der Waals surface area contributed by atoms with Gasteiger partial charge in [-0.1, -0.05) is 29.8 Å². The first-order chi connectivity index (χ1) is 13.1. The number of aromatic nitrogens is 1. The molecular formula is C17H13ClF3N3O4. The van der Waals surface area contributed by atoms with E-state index in [0.717, 1.165) is 9.47 Å². The van der Waals surface area contributed by atoms with E-state index in [1.54, 1.807) is 0 Å². The zero-order valence-corrected chi connectivity index (χ0v) is 14.9. The molecule has 0 bridgehead atoms. The van der Waals surface area contributed by atoms with Crippen LogP contribution in [0.25, 0.3) is 11.1 Å². The molecular weight excluding hydrogens is 403 g/mol. The lowest BCUT2D eigenvalue weighted by Crippen LogP contribution is -2.37. The van der Waals surface area contributed by atoms with Gasteiger partial charge in [0.05, 0.1) is 23.7 Å². The van der Waals surface area contributed by atoms with Crippen molar-refractivity contribution in [3.05, 3.63) is 73.7 Å². The van der Waals surface area contributed by atoms with Gasteiger partial charge in [-0.2, -0.15) is 13.2 Å². The number of para-hydroxylation sites is 1. The first kappa shape index (κ1) is 19.9. The number of halogens is 4. The Hall–Kier alpha value is -2.85. The van der Waals surface area contributed by atoms with Crippen molar-refractivity contribution in [3.8, 4) is 0 Å². The minimum atomic E-state index is -4.57. The molecule has 2 aromatic carbocycles. The predicted octanol–water partition coefficient (Wildman–Crippen LogP) is 4.18. The Kier molecular flexibility index (Phi) is 5.43. The third kappa shape index (κ3) is 4.52. The van der Waals surface area contributed by atoms with E-state index in [1.807, 2.05) is 0 Å². The predicted molar refractivity (Wildman–Crippen MR) is 95.0 cm³/mol. The minimum Gasteiger partial charge on any atom is -0.408 e. The molecule has 1 aromatic heterocycles. The second-order valence-electron chi connectivity index (χ2n) is 6.04. The zero-order chi connectivity index (χ0) is 20.5. The summed E-state index contributed by atoms with van der Waals surface area (Å²) < 4.78 is 45.2. The number of nitro groups is 1. The fourth-order valence-corrected chi connectivity index (χ4v) is 3.01. The van der Waals surface area contributed by atoms with Crippen LogP contribution in [-0.4, -0.2) is 27.1 Å². The molecule has 0 saturated carbocycles. The minimum absolute atomic E-state index is 0.0978. The van der Waals surface area contributed by atoms with Crippen LogP contribution in [0.5, 0.6) is 0 Å². The van der Waals surface area contributed by atoms with E-state index in [9.17, 15) is 28.1 Å². The highest BCUT2D eigenvalue weighted by Gasteiger charge is 2.32. The van der Waals surface area contributed by atoms with E-state index >= 15 is 0 Å². The Balaban J connectivity index is 1.97. The second-order valence-corrected chi connectivity index (χ2v) is 6.47. The third-order valence-electron chi connectivity index (χ3n) is 3.96. The van der Waals surface area contributed by atoms with Crippen molar-refractivity contribution in [2.24, 2.45) is 0 Å². The fraction of sp³-hybridized carbons (Fsp3) is 0.235. The van der Waals surface area contributed by atoms with Gasteiger partial charge in [0.2, 0.25) is 0 Å².